The molecule has 136 valence electrons. The van der Waals surface area contributed by atoms with E-state index in [9.17, 15) is 14.4 Å². The second-order valence-corrected chi connectivity index (χ2v) is 5.91. The summed E-state index contributed by atoms with van der Waals surface area (Å²) in [5.41, 5.74) is 0. The first-order valence-electron chi connectivity index (χ1n) is 9.05. The molecule has 0 aliphatic rings. The summed E-state index contributed by atoms with van der Waals surface area (Å²) in [5, 5.41) is 0. The lowest BCUT2D eigenvalue weighted by molar-refractivity contribution is -0.141. The predicted molar refractivity (Wildman–Crippen MR) is 96.8 cm³/mol. The molecule has 0 amide bonds. The molecule has 0 aliphatic heterocycles. The predicted octanol–water partition coefficient (Wildman–Crippen LogP) is 4.72. The number of carbonyl (C=O) groups excluding carboxylic acids is 3. The molecule has 4 nitrogen and oxygen atoms in total. The number of ketones is 2. The van der Waals surface area contributed by atoms with Crippen LogP contribution >= 0.6 is 0 Å². The molecule has 0 saturated carbocycles. The minimum absolute atomic E-state index is 0.0801. The fourth-order valence-corrected chi connectivity index (χ4v) is 2.20. The Kier molecular flexibility index (Phi) is 15.0. The summed E-state index contributed by atoms with van der Waals surface area (Å²) in [7, 11) is 1.31. The van der Waals surface area contributed by atoms with Gasteiger partial charge in [-0.2, -0.15) is 0 Å². The van der Waals surface area contributed by atoms with Gasteiger partial charge in [0.2, 0.25) is 0 Å². The number of esters is 1. The van der Waals surface area contributed by atoms with Gasteiger partial charge in [-0.1, -0.05) is 51.2 Å². The number of rotatable bonds is 15. The van der Waals surface area contributed by atoms with Crippen LogP contribution in [-0.2, 0) is 19.1 Å². The largest absolute Gasteiger partial charge is 0.469 e. The fraction of sp³-hybridized carbons (Fsp3) is 0.650. The number of hydrogen-bond acceptors (Lipinski definition) is 4. The van der Waals surface area contributed by atoms with Crippen LogP contribution in [0, 0.1) is 0 Å². The van der Waals surface area contributed by atoms with Crippen molar-refractivity contribution in [3.05, 3.63) is 24.3 Å². The van der Waals surface area contributed by atoms with Gasteiger partial charge in [-0.25, -0.2) is 0 Å². The molecule has 4 heteroatoms. The van der Waals surface area contributed by atoms with Crippen LogP contribution < -0.4 is 0 Å². The summed E-state index contributed by atoms with van der Waals surface area (Å²) in [5.74, 6) is -0.268. The van der Waals surface area contributed by atoms with Gasteiger partial charge in [0.25, 0.3) is 0 Å². The van der Waals surface area contributed by atoms with Crippen LogP contribution in [0.1, 0.15) is 77.6 Å². The van der Waals surface area contributed by atoms with Crippen molar-refractivity contribution in [1.82, 2.24) is 0 Å². The SMILES string of the molecule is CCCCCCCCC(=O)C=CCCC=CC(=O)CCC(=O)OC. The molecule has 0 heterocycles. The van der Waals surface area contributed by atoms with Crippen molar-refractivity contribution >= 4 is 17.5 Å². The third-order valence-corrected chi connectivity index (χ3v) is 3.69. The lowest BCUT2D eigenvalue weighted by atomic mass is 10.1. The van der Waals surface area contributed by atoms with Crippen LogP contribution in [0.25, 0.3) is 0 Å². The van der Waals surface area contributed by atoms with Crippen LogP contribution in [-0.4, -0.2) is 24.6 Å². The molecule has 0 aliphatic carbocycles. The monoisotopic (exact) mass is 336 g/mol. The van der Waals surface area contributed by atoms with Gasteiger partial charge in [0, 0.05) is 12.8 Å². The zero-order valence-corrected chi connectivity index (χ0v) is 15.2. The Balaban J connectivity index is 3.62. The van der Waals surface area contributed by atoms with Crippen molar-refractivity contribution in [2.24, 2.45) is 0 Å². The lowest BCUT2D eigenvalue weighted by Gasteiger charge is -1.98. The van der Waals surface area contributed by atoms with E-state index in [1.807, 2.05) is 6.08 Å². The van der Waals surface area contributed by atoms with E-state index < -0.39 is 0 Å². The zero-order chi connectivity index (χ0) is 18.0. The number of unbranched alkanes of at least 4 members (excludes halogenated alkanes) is 6. The van der Waals surface area contributed by atoms with E-state index in [2.05, 4.69) is 11.7 Å². The first-order valence-corrected chi connectivity index (χ1v) is 9.05. The van der Waals surface area contributed by atoms with Crippen LogP contribution in [0.3, 0.4) is 0 Å². The standard InChI is InChI=1S/C20H32O4/c1-3-4-5-6-7-10-13-18(21)14-11-8-9-12-15-19(22)16-17-20(23)24-2/h11-12,14-15H,3-10,13,16-17H2,1-2H3. The maximum Gasteiger partial charge on any atom is 0.305 e. The summed E-state index contributed by atoms with van der Waals surface area (Å²) < 4.78 is 4.48. The first kappa shape index (κ1) is 22.3. The molecule has 0 aromatic carbocycles. The van der Waals surface area contributed by atoms with E-state index in [0.29, 0.717) is 12.8 Å². The number of methoxy groups -OCH3 is 1. The minimum atomic E-state index is -0.372. The fourth-order valence-electron chi connectivity index (χ4n) is 2.20. The molecular weight excluding hydrogens is 304 g/mol. The minimum Gasteiger partial charge on any atom is -0.469 e. The normalized spacial score (nSPS) is 11.2. The molecule has 0 spiro atoms. The Morgan fingerprint density at radius 1 is 0.750 bits per heavy atom. The van der Waals surface area contributed by atoms with Crippen molar-refractivity contribution in [3.63, 3.8) is 0 Å². The summed E-state index contributed by atoms with van der Waals surface area (Å²) in [6, 6.07) is 0. The molecule has 0 aromatic heterocycles. The average Bonchev–Trinajstić information content (AvgIpc) is 2.58. The topological polar surface area (TPSA) is 60.4 Å². The highest BCUT2D eigenvalue weighted by molar-refractivity contribution is 5.91. The summed E-state index contributed by atoms with van der Waals surface area (Å²) in [4.78, 5) is 34.0. The third-order valence-electron chi connectivity index (χ3n) is 3.69. The molecule has 0 aromatic rings. The maximum absolute atomic E-state index is 11.6. The van der Waals surface area contributed by atoms with Gasteiger partial charge in [0.1, 0.15) is 0 Å². The highest BCUT2D eigenvalue weighted by Gasteiger charge is 2.03. The quantitative estimate of drug-likeness (QED) is 0.247. The van der Waals surface area contributed by atoms with Gasteiger partial charge < -0.3 is 4.74 Å². The molecule has 0 unspecified atom stereocenters. The highest BCUT2D eigenvalue weighted by Crippen LogP contribution is 2.07. The molecule has 0 saturated heterocycles. The molecule has 0 rings (SSSR count). The van der Waals surface area contributed by atoms with E-state index in [1.165, 1.54) is 38.9 Å². The number of allylic oxidation sites excluding steroid dienone is 4. The number of ether oxygens (including phenoxy) is 1. The van der Waals surface area contributed by atoms with Crippen molar-refractivity contribution in [2.45, 2.75) is 77.6 Å². The maximum atomic E-state index is 11.6. The number of hydrogen-bond donors (Lipinski definition) is 0. The molecule has 0 N–H and O–H groups in total. The van der Waals surface area contributed by atoms with Gasteiger partial charge in [0.15, 0.2) is 11.6 Å². The Hall–Kier alpha value is -1.71. The average molecular weight is 336 g/mol. The van der Waals surface area contributed by atoms with Crippen LogP contribution in [0.2, 0.25) is 0 Å². The Morgan fingerprint density at radius 3 is 1.88 bits per heavy atom. The van der Waals surface area contributed by atoms with Crippen molar-refractivity contribution < 1.29 is 19.1 Å². The smallest absolute Gasteiger partial charge is 0.305 e. The van der Waals surface area contributed by atoms with Gasteiger partial charge in [0.05, 0.1) is 13.5 Å². The molecule has 0 bridgehead atoms. The summed E-state index contributed by atoms with van der Waals surface area (Å²) in [6.45, 7) is 2.20. The third kappa shape index (κ3) is 15.2. The molecule has 24 heavy (non-hydrogen) atoms. The van der Waals surface area contributed by atoms with E-state index in [-0.39, 0.29) is 30.4 Å². The van der Waals surface area contributed by atoms with Crippen molar-refractivity contribution in [2.75, 3.05) is 7.11 Å². The van der Waals surface area contributed by atoms with Gasteiger partial charge in [-0.15, -0.1) is 0 Å². The molecule has 0 atom stereocenters. The Morgan fingerprint density at radius 2 is 1.29 bits per heavy atom. The van der Waals surface area contributed by atoms with Gasteiger partial charge in [-0.05, 0) is 31.4 Å². The lowest BCUT2D eigenvalue weighted by Crippen LogP contribution is -2.03. The molecule has 0 fully saturated rings. The Bertz CT molecular complexity index is 421. The second-order valence-electron chi connectivity index (χ2n) is 5.91. The van der Waals surface area contributed by atoms with E-state index in [1.54, 1.807) is 12.2 Å². The van der Waals surface area contributed by atoms with E-state index >= 15 is 0 Å². The molecule has 0 radical (unpaired) electrons. The molecular formula is C20H32O4. The summed E-state index contributed by atoms with van der Waals surface area (Å²) in [6.07, 6.45) is 16.3. The van der Waals surface area contributed by atoms with Crippen LogP contribution in [0.4, 0.5) is 0 Å². The van der Waals surface area contributed by atoms with E-state index in [4.69, 9.17) is 0 Å². The highest BCUT2D eigenvalue weighted by atomic mass is 16.5. The van der Waals surface area contributed by atoms with Crippen molar-refractivity contribution in [1.29, 1.82) is 0 Å². The first-order chi connectivity index (χ1) is 11.6. The number of carbonyl (C=O) groups is 3. The van der Waals surface area contributed by atoms with Gasteiger partial charge >= 0.3 is 5.97 Å². The van der Waals surface area contributed by atoms with Gasteiger partial charge in [-0.3, -0.25) is 14.4 Å². The Labute approximate surface area is 146 Å². The van der Waals surface area contributed by atoms with Crippen LogP contribution in [0.5, 0.6) is 0 Å². The zero-order valence-electron chi connectivity index (χ0n) is 15.2. The summed E-state index contributed by atoms with van der Waals surface area (Å²) >= 11 is 0. The second kappa shape index (κ2) is 16.2. The van der Waals surface area contributed by atoms with Crippen molar-refractivity contribution in [3.8, 4) is 0 Å². The van der Waals surface area contributed by atoms with Crippen LogP contribution in [0.15, 0.2) is 24.3 Å². The van der Waals surface area contributed by atoms with E-state index in [0.717, 1.165) is 19.3 Å².